The lowest BCUT2D eigenvalue weighted by Crippen LogP contribution is -2.00. The van der Waals surface area contributed by atoms with Crippen LogP contribution in [0.5, 0.6) is 5.75 Å². The van der Waals surface area contributed by atoms with Gasteiger partial charge in [-0.15, -0.1) is 0 Å². The number of carbonyl (C=O) groups excluding carboxylic acids is 1. The number of ketones is 1. The van der Waals surface area contributed by atoms with E-state index in [9.17, 15) is 9.90 Å². The van der Waals surface area contributed by atoms with Crippen LogP contribution in [0.4, 0.5) is 0 Å². The summed E-state index contributed by atoms with van der Waals surface area (Å²) < 4.78 is 0. The van der Waals surface area contributed by atoms with Crippen LogP contribution in [0.1, 0.15) is 15.9 Å². The van der Waals surface area contributed by atoms with E-state index >= 15 is 0 Å². The van der Waals surface area contributed by atoms with Gasteiger partial charge in [0.15, 0.2) is 5.78 Å². The molecule has 0 spiro atoms. The first-order chi connectivity index (χ1) is 9.72. The smallest absolute Gasteiger partial charge is 0.195 e. The quantitative estimate of drug-likeness (QED) is 0.298. The van der Waals surface area contributed by atoms with Crippen molar-refractivity contribution in [2.24, 2.45) is 5.11 Å². The third kappa shape index (κ3) is 3.04. The molecule has 0 aliphatic rings. The normalized spacial score (nSPS) is 10.7. The number of allylic oxidation sites excluding steroid dienone is 1. The van der Waals surface area contributed by atoms with Gasteiger partial charge in [-0.3, -0.25) is 4.79 Å². The van der Waals surface area contributed by atoms with E-state index in [0.29, 0.717) is 11.1 Å². The standard InChI is InChI=1S/C15H11N3O2/c16-18-17-13(10-12-8-4-5-9-14(12)19)15(20)11-6-2-1-3-7-11/h1-10,19H/b13-10-. The lowest BCUT2D eigenvalue weighted by Gasteiger charge is -2.02. The number of hydrogen-bond donors (Lipinski definition) is 1. The summed E-state index contributed by atoms with van der Waals surface area (Å²) in [5.74, 6) is -0.384. The van der Waals surface area contributed by atoms with Gasteiger partial charge in [0, 0.05) is 16.0 Å². The Morgan fingerprint density at radius 1 is 1.10 bits per heavy atom. The summed E-state index contributed by atoms with van der Waals surface area (Å²) in [4.78, 5) is 14.9. The SMILES string of the molecule is [N-]=[N+]=N/C(=C\c1ccccc1O)C(=O)c1ccccc1. The summed E-state index contributed by atoms with van der Waals surface area (Å²) in [7, 11) is 0. The number of nitrogens with zero attached hydrogens (tertiary/aromatic N) is 3. The second-order valence-corrected chi connectivity index (χ2v) is 3.97. The van der Waals surface area contributed by atoms with E-state index in [0.717, 1.165) is 0 Å². The summed E-state index contributed by atoms with van der Waals surface area (Å²) in [5.41, 5.74) is 9.35. The second kappa shape index (κ2) is 6.22. The minimum Gasteiger partial charge on any atom is -0.507 e. The molecule has 2 aromatic rings. The zero-order valence-corrected chi connectivity index (χ0v) is 10.5. The van der Waals surface area contributed by atoms with E-state index in [4.69, 9.17) is 5.53 Å². The summed E-state index contributed by atoms with van der Waals surface area (Å²) in [6.07, 6.45) is 1.37. The molecule has 0 aliphatic carbocycles. The number of phenolic OH excluding ortho intramolecular Hbond substituents is 1. The molecular formula is C15H11N3O2. The van der Waals surface area contributed by atoms with Crippen molar-refractivity contribution in [2.45, 2.75) is 0 Å². The molecule has 0 aliphatic heterocycles. The van der Waals surface area contributed by atoms with E-state index in [1.807, 2.05) is 0 Å². The molecular weight excluding hydrogens is 254 g/mol. The Hall–Kier alpha value is -3.04. The van der Waals surface area contributed by atoms with Crippen LogP contribution in [0.2, 0.25) is 0 Å². The van der Waals surface area contributed by atoms with Gasteiger partial charge in [0.25, 0.3) is 0 Å². The number of carbonyl (C=O) groups is 1. The highest BCUT2D eigenvalue weighted by Crippen LogP contribution is 2.21. The van der Waals surface area contributed by atoms with Crippen molar-refractivity contribution in [2.75, 3.05) is 0 Å². The van der Waals surface area contributed by atoms with Crippen LogP contribution in [0.3, 0.4) is 0 Å². The molecule has 0 heterocycles. The number of benzene rings is 2. The molecule has 0 fully saturated rings. The lowest BCUT2D eigenvalue weighted by atomic mass is 10.1. The van der Waals surface area contributed by atoms with E-state index in [2.05, 4.69) is 10.0 Å². The molecule has 5 nitrogen and oxygen atoms in total. The predicted molar refractivity (Wildman–Crippen MR) is 76.0 cm³/mol. The molecule has 98 valence electrons. The Kier molecular flexibility index (Phi) is 4.17. The highest BCUT2D eigenvalue weighted by molar-refractivity contribution is 6.11. The van der Waals surface area contributed by atoms with Gasteiger partial charge in [0.1, 0.15) is 5.75 Å². The summed E-state index contributed by atoms with van der Waals surface area (Å²) in [5, 5.41) is 13.1. The predicted octanol–water partition coefficient (Wildman–Crippen LogP) is 3.93. The van der Waals surface area contributed by atoms with E-state index in [-0.39, 0.29) is 11.4 Å². The molecule has 0 amide bonds. The largest absolute Gasteiger partial charge is 0.507 e. The number of Topliss-reactive ketones (excluding diaryl/α,β-unsaturated/α-hetero) is 1. The minimum atomic E-state index is -0.397. The van der Waals surface area contributed by atoms with Crippen molar-refractivity contribution in [3.63, 3.8) is 0 Å². The van der Waals surface area contributed by atoms with Crippen molar-refractivity contribution < 1.29 is 9.90 Å². The molecule has 0 aromatic heterocycles. The Morgan fingerprint density at radius 3 is 2.40 bits per heavy atom. The third-order valence-corrected chi connectivity index (χ3v) is 2.65. The van der Waals surface area contributed by atoms with E-state index in [1.54, 1.807) is 48.5 Å². The van der Waals surface area contributed by atoms with Crippen molar-refractivity contribution in [3.05, 3.63) is 81.9 Å². The number of phenols is 1. The van der Waals surface area contributed by atoms with Gasteiger partial charge >= 0.3 is 0 Å². The van der Waals surface area contributed by atoms with Crippen LogP contribution in [-0.2, 0) is 0 Å². The van der Waals surface area contributed by atoms with Gasteiger partial charge in [-0.25, -0.2) is 0 Å². The molecule has 0 bridgehead atoms. The van der Waals surface area contributed by atoms with Crippen molar-refractivity contribution in [1.82, 2.24) is 0 Å². The zero-order valence-electron chi connectivity index (χ0n) is 10.5. The molecule has 0 radical (unpaired) electrons. The van der Waals surface area contributed by atoms with Gasteiger partial charge in [-0.1, -0.05) is 53.6 Å². The van der Waals surface area contributed by atoms with Crippen LogP contribution in [0.15, 0.2) is 65.4 Å². The molecule has 0 saturated carbocycles. The average Bonchev–Trinajstić information content (AvgIpc) is 2.49. The molecule has 0 unspecified atom stereocenters. The zero-order chi connectivity index (χ0) is 14.4. The van der Waals surface area contributed by atoms with Gasteiger partial charge in [0.2, 0.25) is 0 Å². The Balaban J connectivity index is 2.45. The number of rotatable bonds is 4. The Morgan fingerprint density at radius 2 is 1.75 bits per heavy atom. The molecule has 1 N–H and O–H groups in total. The lowest BCUT2D eigenvalue weighted by molar-refractivity contribution is 0.103. The van der Waals surface area contributed by atoms with Gasteiger partial charge < -0.3 is 5.11 Å². The van der Waals surface area contributed by atoms with E-state index < -0.39 is 5.78 Å². The summed E-state index contributed by atoms with van der Waals surface area (Å²) in [6.45, 7) is 0. The molecule has 2 aromatic carbocycles. The first kappa shape index (κ1) is 13.4. The maximum atomic E-state index is 12.2. The average molecular weight is 265 g/mol. The highest BCUT2D eigenvalue weighted by Gasteiger charge is 2.11. The van der Waals surface area contributed by atoms with Gasteiger partial charge in [-0.05, 0) is 17.7 Å². The van der Waals surface area contributed by atoms with Crippen LogP contribution in [0, 0.1) is 0 Å². The number of azide groups is 1. The van der Waals surface area contributed by atoms with Gasteiger partial charge in [0.05, 0.1) is 5.70 Å². The monoisotopic (exact) mass is 265 g/mol. The summed E-state index contributed by atoms with van der Waals surface area (Å²) in [6, 6.07) is 15.0. The third-order valence-electron chi connectivity index (χ3n) is 2.65. The molecule has 5 heteroatoms. The fourth-order valence-corrected chi connectivity index (χ4v) is 1.68. The molecule has 0 atom stereocenters. The minimum absolute atomic E-state index is 0.0130. The number of para-hydroxylation sites is 1. The first-order valence-electron chi connectivity index (χ1n) is 5.87. The topological polar surface area (TPSA) is 86.1 Å². The van der Waals surface area contributed by atoms with Crippen LogP contribution >= 0.6 is 0 Å². The maximum Gasteiger partial charge on any atom is 0.195 e. The van der Waals surface area contributed by atoms with Crippen molar-refractivity contribution >= 4 is 11.9 Å². The van der Waals surface area contributed by atoms with Crippen LogP contribution < -0.4 is 0 Å². The number of aromatic hydroxyl groups is 1. The first-order valence-corrected chi connectivity index (χ1v) is 5.87. The van der Waals surface area contributed by atoms with E-state index in [1.165, 1.54) is 12.1 Å². The van der Waals surface area contributed by atoms with Gasteiger partial charge in [-0.2, -0.15) is 0 Å². The summed E-state index contributed by atoms with van der Waals surface area (Å²) >= 11 is 0. The fourth-order valence-electron chi connectivity index (χ4n) is 1.68. The molecule has 0 saturated heterocycles. The fraction of sp³-hybridized carbons (Fsp3) is 0. The second-order valence-electron chi connectivity index (χ2n) is 3.97. The number of hydrogen-bond acceptors (Lipinski definition) is 3. The molecule has 2 rings (SSSR count). The van der Waals surface area contributed by atoms with Crippen molar-refractivity contribution in [3.8, 4) is 5.75 Å². The van der Waals surface area contributed by atoms with Crippen LogP contribution in [-0.4, -0.2) is 10.9 Å². The maximum absolute atomic E-state index is 12.2. The Bertz CT molecular complexity index is 702. The van der Waals surface area contributed by atoms with Crippen LogP contribution in [0.25, 0.3) is 16.5 Å². The molecule has 20 heavy (non-hydrogen) atoms. The Labute approximate surface area is 115 Å². The van der Waals surface area contributed by atoms with Crippen molar-refractivity contribution in [1.29, 1.82) is 0 Å². The highest BCUT2D eigenvalue weighted by atomic mass is 16.3.